The number of piperidine rings is 1. The third kappa shape index (κ3) is 5.16. The molecule has 2 atom stereocenters. The molecule has 1 fully saturated rings. The molecule has 1 aromatic heterocycles. The van der Waals surface area contributed by atoms with Gasteiger partial charge in [0.05, 0.1) is 24.9 Å². The number of benzene rings is 2. The molecule has 0 spiro atoms. The average molecular weight is 476 g/mol. The van der Waals surface area contributed by atoms with Gasteiger partial charge in [-0.25, -0.2) is 0 Å². The number of aliphatic hydroxyl groups is 1. The maximum atomic E-state index is 13.3. The number of hydrogen-bond donors (Lipinski definition) is 1. The number of fused-ring (bicyclic) bond motifs is 1. The van der Waals surface area contributed by atoms with E-state index < -0.39 is 6.29 Å². The second-order valence-electron chi connectivity index (χ2n) is 9.08. The van der Waals surface area contributed by atoms with E-state index in [4.69, 9.17) is 13.9 Å². The Balaban J connectivity index is 1.41. The van der Waals surface area contributed by atoms with Gasteiger partial charge in [-0.15, -0.1) is 0 Å². The molecule has 3 heterocycles. The molecular weight excluding hydrogens is 446 g/mol. The number of amides is 1. The molecule has 35 heavy (non-hydrogen) atoms. The molecule has 0 unspecified atom stereocenters. The topological polar surface area (TPSA) is 89.2 Å². The molecule has 5 rings (SSSR count). The van der Waals surface area contributed by atoms with Crippen molar-refractivity contribution in [3.8, 4) is 0 Å². The van der Waals surface area contributed by atoms with E-state index in [1.165, 1.54) is 6.26 Å². The van der Waals surface area contributed by atoms with E-state index in [0.29, 0.717) is 36.0 Å². The van der Waals surface area contributed by atoms with Gasteiger partial charge in [0.1, 0.15) is 5.58 Å². The van der Waals surface area contributed by atoms with Gasteiger partial charge in [0.25, 0.3) is 5.91 Å². The first-order valence-corrected chi connectivity index (χ1v) is 12.1. The van der Waals surface area contributed by atoms with E-state index in [9.17, 15) is 14.7 Å². The second-order valence-corrected chi connectivity index (χ2v) is 9.08. The highest BCUT2D eigenvalue weighted by atomic mass is 16.7. The number of allylic oxidation sites excluding steroid dienone is 1. The Morgan fingerprint density at radius 3 is 2.54 bits per heavy atom. The summed E-state index contributed by atoms with van der Waals surface area (Å²) in [7, 11) is 0. The molecule has 2 aliphatic rings. The van der Waals surface area contributed by atoms with Crippen LogP contribution in [0.1, 0.15) is 48.3 Å². The van der Waals surface area contributed by atoms with E-state index in [1.54, 1.807) is 18.2 Å². The molecule has 1 amide bonds. The van der Waals surface area contributed by atoms with Gasteiger partial charge in [-0.1, -0.05) is 36.4 Å². The molecule has 0 saturated carbocycles. The summed E-state index contributed by atoms with van der Waals surface area (Å²) >= 11 is 0. The zero-order valence-corrected chi connectivity index (χ0v) is 19.5. The summed E-state index contributed by atoms with van der Waals surface area (Å²) in [6.07, 6.45) is 5.98. The minimum absolute atomic E-state index is 0.0182. The van der Waals surface area contributed by atoms with Crippen molar-refractivity contribution in [3.63, 3.8) is 0 Å². The van der Waals surface area contributed by atoms with Crippen molar-refractivity contribution < 1.29 is 23.8 Å². The fourth-order valence-electron chi connectivity index (χ4n) is 4.66. The Morgan fingerprint density at radius 2 is 1.77 bits per heavy atom. The predicted octanol–water partition coefficient (Wildman–Crippen LogP) is 4.23. The number of ether oxygens (including phenoxy) is 2. The minimum atomic E-state index is -0.697. The SMILES string of the molecule is O=C(C1=C[C@@H](c2coc3ccccc3c2=O)C[C@@H](OCc2ccc(CO)cc2)O1)N1CCCCC1. The molecule has 0 bridgehead atoms. The van der Waals surface area contributed by atoms with Gasteiger partial charge in [-0.05, 0) is 48.6 Å². The molecule has 0 radical (unpaired) electrons. The van der Waals surface area contributed by atoms with Crippen LogP contribution in [0.15, 0.2) is 75.8 Å². The Morgan fingerprint density at radius 1 is 1.03 bits per heavy atom. The van der Waals surface area contributed by atoms with Crippen LogP contribution in [0.25, 0.3) is 11.0 Å². The standard InChI is InChI=1S/C28H29NO6/c30-16-19-8-10-20(11-9-19)17-34-26-15-21(14-25(35-26)28(32)29-12-4-1-5-13-29)23-18-33-24-7-3-2-6-22(24)27(23)31/h2-3,6-11,14,18,21,26,30H,1,4-5,12-13,15-17H2/t21-,26+/m1/s1. The number of nitrogens with zero attached hydrogens (tertiary/aromatic N) is 1. The van der Waals surface area contributed by atoms with Crippen LogP contribution in [0.4, 0.5) is 0 Å². The van der Waals surface area contributed by atoms with E-state index in [1.807, 2.05) is 41.3 Å². The molecule has 2 aromatic carbocycles. The highest BCUT2D eigenvalue weighted by Gasteiger charge is 2.33. The van der Waals surface area contributed by atoms with Crippen LogP contribution >= 0.6 is 0 Å². The number of para-hydroxylation sites is 1. The zero-order chi connectivity index (χ0) is 24.2. The van der Waals surface area contributed by atoms with Crippen LogP contribution in [0.3, 0.4) is 0 Å². The van der Waals surface area contributed by atoms with E-state index in [2.05, 4.69) is 0 Å². The van der Waals surface area contributed by atoms with Crippen molar-refractivity contribution in [1.29, 1.82) is 0 Å². The molecule has 3 aromatic rings. The molecule has 7 nitrogen and oxygen atoms in total. The van der Waals surface area contributed by atoms with Gasteiger partial charge in [0.2, 0.25) is 6.29 Å². The van der Waals surface area contributed by atoms with Crippen molar-refractivity contribution >= 4 is 16.9 Å². The Labute approximate surface area is 203 Å². The average Bonchev–Trinajstić information content (AvgIpc) is 2.92. The number of hydrogen-bond acceptors (Lipinski definition) is 6. The maximum absolute atomic E-state index is 13.3. The molecular formula is C28H29NO6. The van der Waals surface area contributed by atoms with Gasteiger partial charge < -0.3 is 23.9 Å². The van der Waals surface area contributed by atoms with Crippen LogP contribution < -0.4 is 5.43 Å². The lowest BCUT2D eigenvalue weighted by atomic mass is 9.93. The third-order valence-electron chi connectivity index (χ3n) is 6.66. The number of carbonyl (C=O) groups is 1. The zero-order valence-electron chi connectivity index (χ0n) is 19.5. The predicted molar refractivity (Wildman–Crippen MR) is 130 cm³/mol. The summed E-state index contributed by atoms with van der Waals surface area (Å²) in [5.41, 5.74) is 2.64. The van der Waals surface area contributed by atoms with E-state index in [0.717, 1.165) is 30.4 Å². The molecule has 1 saturated heterocycles. The van der Waals surface area contributed by atoms with Crippen LogP contribution in [0.5, 0.6) is 0 Å². The fourth-order valence-corrected chi connectivity index (χ4v) is 4.66. The first-order valence-electron chi connectivity index (χ1n) is 12.1. The molecule has 7 heteroatoms. The van der Waals surface area contributed by atoms with Crippen LogP contribution in [-0.4, -0.2) is 35.3 Å². The van der Waals surface area contributed by atoms with Gasteiger partial charge in [-0.2, -0.15) is 0 Å². The van der Waals surface area contributed by atoms with Gasteiger partial charge in [0.15, 0.2) is 11.2 Å². The lowest BCUT2D eigenvalue weighted by Gasteiger charge is -2.32. The normalized spacial score (nSPS) is 20.4. The quantitative estimate of drug-likeness (QED) is 0.574. The van der Waals surface area contributed by atoms with Gasteiger partial charge in [0, 0.05) is 31.0 Å². The molecule has 182 valence electrons. The van der Waals surface area contributed by atoms with Crippen molar-refractivity contribution in [2.75, 3.05) is 13.1 Å². The van der Waals surface area contributed by atoms with Gasteiger partial charge in [-0.3, -0.25) is 9.59 Å². The second kappa shape index (κ2) is 10.5. The van der Waals surface area contributed by atoms with Crippen molar-refractivity contribution in [3.05, 3.63) is 93.5 Å². The smallest absolute Gasteiger partial charge is 0.288 e. The van der Waals surface area contributed by atoms with Crippen molar-refractivity contribution in [2.45, 2.75) is 51.1 Å². The van der Waals surface area contributed by atoms with Gasteiger partial charge >= 0.3 is 0 Å². The lowest BCUT2D eigenvalue weighted by molar-refractivity contribution is -0.156. The highest BCUT2D eigenvalue weighted by molar-refractivity contribution is 5.92. The molecule has 1 N–H and O–H groups in total. The summed E-state index contributed by atoms with van der Waals surface area (Å²) in [6.45, 7) is 1.66. The monoisotopic (exact) mass is 475 g/mol. The Hall–Kier alpha value is -3.42. The Kier molecular flexibility index (Phi) is 6.97. The third-order valence-corrected chi connectivity index (χ3v) is 6.66. The Bertz CT molecular complexity index is 1270. The maximum Gasteiger partial charge on any atom is 0.288 e. The summed E-state index contributed by atoms with van der Waals surface area (Å²) in [6, 6.07) is 14.6. The summed E-state index contributed by atoms with van der Waals surface area (Å²) in [5.74, 6) is -0.327. The minimum Gasteiger partial charge on any atom is -0.464 e. The van der Waals surface area contributed by atoms with E-state index >= 15 is 0 Å². The molecule has 2 aliphatic heterocycles. The van der Waals surface area contributed by atoms with Crippen molar-refractivity contribution in [2.24, 2.45) is 0 Å². The first kappa shape index (κ1) is 23.3. The first-order chi connectivity index (χ1) is 17.1. The largest absolute Gasteiger partial charge is 0.464 e. The number of aliphatic hydroxyl groups excluding tert-OH is 1. The van der Waals surface area contributed by atoms with Crippen LogP contribution in [0, 0.1) is 0 Å². The van der Waals surface area contributed by atoms with E-state index in [-0.39, 0.29) is 36.2 Å². The highest BCUT2D eigenvalue weighted by Crippen LogP contribution is 2.32. The number of likely N-dealkylation sites (tertiary alicyclic amines) is 1. The van der Waals surface area contributed by atoms with Crippen molar-refractivity contribution in [1.82, 2.24) is 4.90 Å². The summed E-state index contributed by atoms with van der Waals surface area (Å²) in [4.78, 5) is 28.3. The fraction of sp³-hybridized carbons (Fsp3) is 0.357. The number of carbonyl (C=O) groups excluding carboxylic acids is 1. The lowest BCUT2D eigenvalue weighted by Crippen LogP contribution is -2.39. The summed E-state index contributed by atoms with van der Waals surface area (Å²) in [5, 5.41) is 9.76. The number of rotatable bonds is 6. The van der Waals surface area contributed by atoms with Crippen LogP contribution in [-0.2, 0) is 27.5 Å². The summed E-state index contributed by atoms with van der Waals surface area (Å²) < 4.78 is 17.8. The van der Waals surface area contributed by atoms with Crippen LogP contribution in [0.2, 0.25) is 0 Å². The molecule has 0 aliphatic carbocycles.